The van der Waals surface area contributed by atoms with Crippen LogP contribution in [0.5, 0.6) is 0 Å². The Hall–Kier alpha value is -3.48. The molecule has 3 aromatic rings. The van der Waals surface area contributed by atoms with Crippen LogP contribution in [-0.2, 0) is 28.7 Å². The average molecular weight is 489 g/mol. The smallest absolute Gasteiger partial charge is 0.348 e. The van der Waals surface area contributed by atoms with Crippen LogP contribution in [0.2, 0.25) is 0 Å². The minimum Gasteiger partial charge on any atom is -0.348 e. The molecule has 0 bridgehead atoms. The number of halogens is 6. The molecule has 6 nitrogen and oxygen atoms in total. The fraction of sp³-hybridized carbons (Fsp3) is 0.150. The normalized spacial score (nSPS) is 12.4. The zero-order chi connectivity index (χ0) is 24.4. The lowest BCUT2D eigenvalue weighted by atomic mass is 10.2. The molecule has 0 radical (unpaired) electrons. The first kappa shape index (κ1) is 24.2. The lowest BCUT2D eigenvalue weighted by Gasteiger charge is -2.10. The van der Waals surface area contributed by atoms with E-state index < -0.39 is 44.4 Å². The quantitative estimate of drug-likeness (QED) is 0.541. The van der Waals surface area contributed by atoms with Crippen LogP contribution in [0.25, 0.3) is 0 Å². The van der Waals surface area contributed by atoms with E-state index in [9.17, 15) is 39.6 Å². The number of carbonyl (C=O) groups is 1. The van der Waals surface area contributed by atoms with Crippen molar-refractivity contribution in [3.8, 4) is 0 Å². The first-order chi connectivity index (χ1) is 15.3. The lowest BCUT2D eigenvalue weighted by Crippen LogP contribution is -2.23. The standard InChI is InChI=1S/C20H13F6N3O3S/c21-19(22,23)14-2-1-3-16(8-14)33(31,32)15-6-4-12(5-7-15)9-27-17(30)13-10-28-18(29-11-13)20(24,25)26/h1-8,10-11H,9H2,(H,27,30). The van der Waals surface area contributed by atoms with Crippen LogP contribution in [0.4, 0.5) is 26.3 Å². The fourth-order valence-electron chi connectivity index (χ4n) is 2.64. The minimum atomic E-state index is -4.74. The summed E-state index contributed by atoms with van der Waals surface area (Å²) in [7, 11) is -4.22. The number of benzene rings is 2. The SMILES string of the molecule is O=C(NCc1ccc(S(=O)(=O)c2cccc(C(F)(F)F)c2)cc1)c1cnc(C(F)(F)F)nc1. The molecule has 174 valence electrons. The molecular formula is C20H13F6N3O3S. The first-order valence-corrected chi connectivity index (χ1v) is 10.5. The fourth-order valence-corrected chi connectivity index (χ4v) is 3.94. The molecule has 1 aromatic heterocycles. The molecule has 33 heavy (non-hydrogen) atoms. The molecule has 3 rings (SSSR count). The van der Waals surface area contributed by atoms with Crippen LogP contribution in [0.15, 0.2) is 70.7 Å². The molecule has 0 aliphatic rings. The summed E-state index contributed by atoms with van der Waals surface area (Å²) in [6, 6.07) is 8.34. The number of amides is 1. The zero-order valence-electron chi connectivity index (χ0n) is 16.3. The Morgan fingerprint density at radius 2 is 1.45 bits per heavy atom. The van der Waals surface area contributed by atoms with Gasteiger partial charge in [0, 0.05) is 18.9 Å². The van der Waals surface area contributed by atoms with E-state index in [-0.39, 0.29) is 17.0 Å². The number of rotatable bonds is 5. The summed E-state index contributed by atoms with van der Waals surface area (Å²) in [4.78, 5) is 17.4. The summed E-state index contributed by atoms with van der Waals surface area (Å²) < 4.78 is 101. The van der Waals surface area contributed by atoms with E-state index in [2.05, 4.69) is 15.3 Å². The summed E-state index contributed by atoms with van der Waals surface area (Å²) in [5, 5.41) is 2.41. The van der Waals surface area contributed by atoms with Gasteiger partial charge in [0.1, 0.15) is 0 Å². The average Bonchev–Trinajstić information content (AvgIpc) is 2.77. The van der Waals surface area contributed by atoms with Crippen molar-refractivity contribution in [2.24, 2.45) is 0 Å². The maximum absolute atomic E-state index is 12.9. The Balaban J connectivity index is 1.70. The van der Waals surface area contributed by atoms with Crippen LogP contribution < -0.4 is 5.32 Å². The van der Waals surface area contributed by atoms with Gasteiger partial charge in [-0.05, 0) is 35.9 Å². The summed E-state index contributed by atoms with van der Waals surface area (Å²) in [5.74, 6) is -2.15. The molecule has 1 heterocycles. The first-order valence-electron chi connectivity index (χ1n) is 8.97. The van der Waals surface area contributed by atoms with Gasteiger partial charge in [-0.25, -0.2) is 18.4 Å². The largest absolute Gasteiger partial charge is 0.451 e. The Bertz CT molecular complexity index is 1260. The lowest BCUT2D eigenvalue weighted by molar-refractivity contribution is -0.145. The zero-order valence-corrected chi connectivity index (χ0v) is 17.1. The molecule has 2 aromatic carbocycles. The topological polar surface area (TPSA) is 89.0 Å². The van der Waals surface area contributed by atoms with Crippen LogP contribution in [0.3, 0.4) is 0 Å². The summed E-state index contributed by atoms with van der Waals surface area (Å²) in [6.45, 7) is -0.107. The second kappa shape index (κ2) is 8.81. The van der Waals surface area contributed by atoms with Gasteiger partial charge in [-0.1, -0.05) is 18.2 Å². The van der Waals surface area contributed by atoms with Gasteiger partial charge in [-0.3, -0.25) is 4.79 Å². The van der Waals surface area contributed by atoms with Gasteiger partial charge in [0.15, 0.2) is 0 Å². The summed E-state index contributed by atoms with van der Waals surface area (Å²) in [5.41, 5.74) is -0.888. The molecule has 0 fully saturated rings. The monoisotopic (exact) mass is 489 g/mol. The number of hydrogen-bond donors (Lipinski definition) is 1. The van der Waals surface area contributed by atoms with Crippen LogP contribution >= 0.6 is 0 Å². The molecular weight excluding hydrogens is 476 g/mol. The number of aromatic nitrogens is 2. The summed E-state index contributed by atoms with van der Waals surface area (Å²) >= 11 is 0. The van der Waals surface area contributed by atoms with Gasteiger partial charge in [-0.15, -0.1) is 0 Å². The molecule has 1 N–H and O–H groups in total. The van der Waals surface area contributed by atoms with Gasteiger partial charge >= 0.3 is 12.4 Å². The van der Waals surface area contributed by atoms with Gasteiger partial charge in [0.2, 0.25) is 15.7 Å². The third-order valence-corrected chi connectivity index (χ3v) is 6.09. The van der Waals surface area contributed by atoms with Crippen molar-refractivity contribution < 1.29 is 39.6 Å². The third-order valence-electron chi connectivity index (χ3n) is 4.33. The number of nitrogens with zero attached hydrogens (tertiary/aromatic N) is 2. The van der Waals surface area contributed by atoms with Crippen LogP contribution in [-0.4, -0.2) is 24.3 Å². The summed E-state index contributed by atoms with van der Waals surface area (Å²) in [6.07, 6.45) is -8.01. The molecule has 0 saturated carbocycles. The van der Waals surface area contributed by atoms with Crippen molar-refractivity contribution in [2.75, 3.05) is 0 Å². The van der Waals surface area contributed by atoms with Crippen molar-refractivity contribution in [3.63, 3.8) is 0 Å². The Kier molecular flexibility index (Phi) is 6.45. The van der Waals surface area contributed by atoms with Gasteiger partial charge < -0.3 is 5.32 Å². The van der Waals surface area contributed by atoms with Crippen molar-refractivity contribution in [2.45, 2.75) is 28.7 Å². The third kappa shape index (κ3) is 5.66. The molecule has 13 heteroatoms. The van der Waals surface area contributed by atoms with Crippen molar-refractivity contribution in [1.29, 1.82) is 0 Å². The number of alkyl halides is 6. The van der Waals surface area contributed by atoms with E-state index in [0.717, 1.165) is 30.6 Å². The Morgan fingerprint density at radius 3 is 2.00 bits per heavy atom. The minimum absolute atomic E-state index is 0.107. The predicted molar refractivity (Wildman–Crippen MR) is 102 cm³/mol. The van der Waals surface area contributed by atoms with Gasteiger partial charge in [-0.2, -0.15) is 26.3 Å². The van der Waals surface area contributed by atoms with E-state index in [1.165, 1.54) is 24.3 Å². The highest BCUT2D eigenvalue weighted by Gasteiger charge is 2.34. The van der Waals surface area contributed by atoms with E-state index in [1.54, 1.807) is 0 Å². The van der Waals surface area contributed by atoms with Crippen LogP contribution in [0, 0.1) is 0 Å². The number of sulfone groups is 1. The Morgan fingerprint density at radius 1 is 0.848 bits per heavy atom. The van der Waals surface area contributed by atoms with E-state index in [1.807, 2.05) is 0 Å². The van der Waals surface area contributed by atoms with Gasteiger partial charge in [0.05, 0.1) is 20.9 Å². The van der Waals surface area contributed by atoms with Gasteiger partial charge in [0.25, 0.3) is 5.91 Å². The maximum Gasteiger partial charge on any atom is 0.451 e. The van der Waals surface area contributed by atoms with E-state index in [0.29, 0.717) is 11.6 Å². The molecule has 1 amide bonds. The second-order valence-corrected chi connectivity index (χ2v) is 8.60. The number of carbonyl (C=O) groups excluding carboxylic acids is 1. The number of nitrogens with one attached hydrogen (secondary N) is 1. The molecule has 0 saturated heterocycles. The number of hydrogen-bond acceptors (Lipinski definition) is 5. The van der Waals surface area contributed by atoms with E-state index in [4.69, 9.17) is 0 Å². The highest BCUT2D eigenvalue weighted by atomic mass is 32.2. The van der Waals surface area contributed by atoms with Crippen LogP contribution in [0.1, 0.15) is 27.3 Å². The molecule has 0 atom stereocenters. The predicted octanol–water partition coefficient (Wildman–Crippen LogP) is 4.28. The van der Waals surface area contributed by atoms with E-state index >= 15 is 0 Å². The molecule has 0 unspecified atom stereocenters. The highest BCUT2D eigenvalue weighted by molar-refractivity contribution is 7.91. The molecule has 0 aliphatic carbocycles. The second-order valence-electron chi connectivity index (χ2n) is 6.65. The molecule has 0 spiro atoms. The highest BCUT2D eigenvalue weighted by Crippen LogP contribution is 2.32. The van der Waals surface area contributed by atoms with Crippen molar-refractivity contribution in [1.82, 2.24) is 15.3 Å². The molecule has 0 aliphatic heterocycles. The maximum atomic E-state index is 12.9. The van der Waals surface area contributed by atoms with Crippen molar-refractivity contribution >= 4 is 15.7 Å². The Labute approximate surface area is 183 Å². The van der Waals surface area contributed by atoms with Crippen molar-refractivity contribution in [3.05, 3.63) is 83.4 Å².